The van der Waals surface area contributed by atoms with Crippen LogP contribution in [0, 0.1) is 0 Å². The number of hydrogen-bond donors (Lipinski definition) is 2. The second-order valence-electron chi connectivity index (χ2n) is 6.21. The molecular weight excluding hydrogens is 469 g/mol. The summed E-state index contributed by atoms with van der Waals surface area (Å²) in [6.07, 6.45) is 4.64. The van der Waals surface area contributed by atoms with Crippen molar-refractivity contribution in [2.24, 2.45) is 4.99 Å². The maximum absolute atomic E-state index is 11.8. The van der Waals surface area contributed by atoms with E-state index in [-0.39, 0.29) is 30.0 Å². The Labute approximate surface area is 173 Å². The lowest BCUT2D eigenvalue weighted by Gasteiger charge is -2.23. The third-order valence-corrected chi connectivity index (χ3v) is 5.85. The fraction of sp³-hybridized carbons (Fsp3) is 0.750. The Hall–Kier alpha value is -0.880. The predicted octanol–water partition coefficient (Wildman–Crippen LogP) is 1.51. The van der Waals surface area contributed by atoms with Gasteiger partial charge < -0.3 is 15.2 Å². The molecule has 1 aromatic rings. The summed E-state index contributed by atoms with van der Waals surface area (Å²) in [5.41, 5.74) is 2.03. The number of guanidine groups is 1. The Morgan fingerprint density at radius 1 is 1.35 bits per heavy atom. The number of aliphatic imine (C=N–C) groups is 1. The van der Waals surface area contributed by atoms with Crippen LogP contribution >= 0.6 is 24.0 Å². The first-order chi connectivity index (χ1) is 11.9. The van der Waals surface area contributed by atoms with Crippen molar-refractivity contribution in [2.75, 3.05) is 26.4 Å². The molecule has 0 aromatic carbocycles. The smallest absolute Gasteiger partial charge is 0.211 e. The van der Waals surface area contributed by atoms with Gasteiger partial charge in [-0.3, -0.25) is 4.99 Å². The highest BCUT2D eigenvalue weighted by Gasteiger charge is 2.31. The summed E-state index contributed by atoms with van der Waals surface area (Å²) in [5, 5.41) is 10.6. The van der Waals surface area contributed by atoms with Crippen LogP contribution in [-0.2, 0) is 29.4 Å². The third kappa shape index (κ3) is 5.81. The van der Waals surface area contributed by atoms with E-state index in [4.69, 9.17) is 4.52 Å². The third-order valence-electron chi connectivity index (χ3n) is 4.52. The van der Waals surface area contributed by atoms with Crippen LogP contribution in [0.2, 0.25) is 0 Å². The van der Waals surface area contributed by atoms with Crippen LogP contribution in [0.5, 0.6) is 0 Å². The summed E-state index contributed by atoms with van der Waals surface area (Å²) in [5.74, 6) is 1.53. The molecule has 0 saturated carbocycles. The topological polar surface area (TPSA) is 99.8 Å². The lowest BCUT2D eigenvalue weighted by Crippen LogP contribution is -2.46. The Bertz CT molecular complexity index is 683. The molecule has 150 valence electrons. The minimum Gasteiger partial charge on any atom is -0.361 e. The summed E-state index contributed by atoms with van der Waals surface area (Å²) in [6, 6.07) is -0.0263. The average molecular weight is 499 g/mol. The molecule has 0 amide bonds. The average Bonchev–Trinajstić information content (AvgIpc) is 3.20. The molecule has 0 aliphatic carbocycles. The molecular formula is C16H30IN5O3S. The van der Waals surface area contributed by atoms with E-state index in [1.165, 1.54) is 6.26 Å². The van der Waals surface area contributed by atoms with E-state index in [0.717, 1.165) is 42.7 Å². The molecule has 2 rings (SSSR count). The fourth-order valence-corrected chi connectivity index (χ4v) is 4.38. The van der Waals surface area contributed by atoms with Gasteiger partial charge in [-0.1, -0.05) is 19.0 Å². The lowest BCUT2D eigenvalue weighted by molar-refractivity contribution is 0.379. The van der Waals surface area contributed by atoms with Gasteiger partial charge in [-0.05, 0) is 19.3 Å². The Morgan fingerprint density at radius 3 is 2.65 bits per heavy atom. The van der Waals surface area contributed by atoms with Crippen molar-refractivity contribution < 1.29 is 12.9 Å². The van der Waals surface area contributed by atoms with Gasteiger partial charge in [0.05, 0.1) is 11.9 Å². The zero-order valence-electron chi connectivity index (χ0n) is 15.9. The quantitative estimate of drug-likeness (QED) is 0.335. The van der Waals surface area contributed by atoms with Crippen LogP contribution in [0.1, 0.15) is 43.7 Å². The van der Waals surface area contributed by atoms with Crippen molar-refractivity contribution in [1.29, 1.82) is 0 Å². The van der Waals surface area contributed by atoms with Crippen molar-refractivity contribution in [3.05, 3.63) is 17.0 Å². The first kappa shape index (κ1) is 23.2. The van der Waals surface area contributed by atoms with Crippen LogP contribution in [0.3, 0.4) is 0 Å². The molecule has 1 atom stereocenters. The molecule has 1 aliphatic rings. The Kier molecular flexibility index (Phi) is 9.31. The summed E-state index contributed by atoms with van der Waals surface area (Å²) in [7, 11) is -1.46. The van der Waals surface area contributed by atoms with Gasteiger partial charge in [0.1, 0.15) is 5.76 Å². The zero-order valence-corrected chi connectivity index (χ0v) is 19.1. The molecule has 10 heteroatoms. The van der Waals surface area contributed by atoms with Crippen molar-refractivity contribution in [2.45, 2.75) is 52.1 Å². The number of aromatic nitrogens is 1. The molecule has 1 aromatic heterocycles. The largest absolute Gasteiger partial charge is 0.361 e. The zero-order chi connectivity index (χ0) is 18.4. The van der Waals surface area contributed by atoms with Crippen molar-refractivity contribution >= 4 is 40.0 Å². The van der Waals surface area contributed by atoms with E-state index in [2.05, 4.69) is 20.8 Å². The summed E-state index contributed by atoms with van der Waals surface area (Å²) in [4.78, 5) is 4.22. The van der Waals surface area contributed by atoms with Gasteiger partial charge in [-0.2, -0.15) is 4.31 Å². The summed E-state index contributed by atoms with van der Waals surface area (Å²) >= 11 is 0. The molecule has 2 N–H and O–H groups in total. The van der Waals surface area contributed by atoms with Gasteiger partial charge in [0.2, 0.25) is 10.0 Å². The highest BCUT2D eigenvalue weighted by atomic mass is 127. The standard InChI is InChI=1S/C16H29N5O3S.HI/c1-5-14-13(15(6-2)24-20-14)11-19-16(17-3)18-10-12-8-7-9-21(12)25(4,22)23;/h12H,5-11H2,1-4H3,(H2,17,18,19);1H/t12-;/m1./s1. The summed E-state index contributed by atoms with van der Waals surface area (Å²) < 4.78 is 30.6. The number of hydrogen-bond acceptors (Lipinski definition) is 5. The molecule has 1 aliphatic heterocycles. The Morgan fingerprint density at radius 2 is 2.08 bits per heavy atom. The molecule has 8 nitrogen and oxygen atoms in total. The molecule has 0 bridgehead atoms. The number of nitrogens with zero attached hydrogens (tertiary/aromatic N) is 3. The van der Waals surface area contributed by atoms with Gasteiger partial charge in [0.15, 0.2) is 5.96 Å². The van der Waals surface area contributed by atoms with Crippen molar-refractivity contribution in [1.82, 2.24) is 20.1 Å². The normalized spacial score (nSPS) is 18.6. The minimum atomic E-state index is -3.16. The number of aryl methyl sites for hydroxylation is 2. The molecule has 2 heterocycles. The van der Waals surface area contributed by atoms with Crippen molar-refractivity contribution in [3.8, 4) is 0 Å². The van der Waals surface area contributed by atoms with Crippen LogP contribution in [-0.4, -0.2) is 56.3 Å². The van der Waals surface area contributed by atoms with Crippen LogP contribution < -0.4 is 10.6 Å². The molecule has 1 fully saturated rings. The van der Waals surface area contributed by atoms with Gasteiger partial charge in [0, 0.05) is 44.7 Å². The number of halogens is 1. The van der Waals surface area contributed by atoms with E-state index < -0.39 is 10.0 Å². The SMILES string of the molecule is CCc1noc(CC)c1CNC(=NC)NC[C@H]1CCCN1S(C)(=O)=O.I. The molecule has 0 radical (unpaired) electrons. The van der Waals surface area contributed by atoms with Gasteiger partial charge in [0.25, 0.3) is 0 Å². The number of sulfonamides is 1. The van der Waals surface area contributed by atoms with Crippen LogP contribution in [0.4, 0.5) is 0 Å². The highest BCUT2D eigenvalue weighted by molar-refractivity contribution is 14.0. The molecule has 1 saturated heterocycles. The van der Waals surface area contributed by atoms with Gasteiger partial charge >= 0.3 is 0 Å². The molecule has 26 heavy (non-hydrogen) atoms. The van der Waals surface area contributed by atoms with E-state index in [1.54, 1.807) is 11.4 Å². The van der Waals surface area contributed by atoms with Crippen LogP contribution in [0.25, 0.3) is 0 Å². The minimum absolute atomic E-state index is 0. The summed E-state index contributed by atoms with van der Waals surface area (Å²) in [6.45, 7) is 5.80. The molecule has 0 spiro atoms. The first-order valence-corrected chi connectivity index (χ1v) is 10.6. The Balaban J connectivity index is 0.00000338. The number of rotatable bonds is 7. The maximum atomic E-state index is 11.8. The fourth-order valence-electron chi connectivity index (χ4n) is 3.19. The van der Waals surface area contributed by atoms with Gasteiger partial charge in [-0.25, -0.2) is 8.42 Å². The second-order valence-corrected chi connectivity index (χ2v) is 8.15. The van der Waals surface area contributed by atoms with E-state index >= 15 is 0 Å². The second kappa shape index (κ2) is 10.5. The van der Waals surface area contributed by atoms with Crippen molar-refractivity contribution in [3.63, 3.8) is 0 Å². The van der Waals surface area contributed by atoms with E-state index in [9.17, 15) is 8.42 Å². The first-order valence-electron chi connectivity index (χ1n) is 8.78. The maximum Gasteiger partial charge on any atom is 0.211 e. The number of nitrogens with one attached hydrogen (secondary N) is 2. The van der Waals surface area contributed by atoms with E-state index in [0.29, 0.717) is 25.6 Å². The predicted molar refractivity (Wildman–Crippen MR) is 113 cm³/mol. The lowest BCUT2D eigenvalue weighted by atomic mass is 10.1. The monoisotopic (exact) mass is 499 g/mol. The highest BCUT2D eigenvalue weighted by Crippen LogP contribution is 2.19. The molecule has 0 unspecified atom stereocenters. The van der Waals surface area contributed by atoms with Gasteiger partial charge in [-0.15, -0.1) is 24.0 Å². The van der Waals surface area contributed by atoms with E-state index in [1.807, 2.05) is 13.8 Å². The van der Waals surface area contributed by atoms with Crippen LogP contribution in [0.15, 0.2) is 9.52 Å².